The summed E-state index contributed by atoms with van der Waals surface area (Å²) in [5, 5.41) is 12.9. The smallest absolute Gasteiger partial charge is 0.348 e. The Kier molecular flexibility index (Phi) is 11.2. The van der Waals surface area contributed by atoms with Crippen LogP contribution in [0.4, 0.5) is 10.5 Å². The van der Waals surface area contributed by atoms with Crippen LogP contribution >= 0.6 is 0 Å². The number of anilines is 1. The molecule has 0 bridgehead atoms. The summed E-state index contributed by atoms with van der Waals surface area (Å²) in [7, 11) is 0. The van der Waals surface area contributed by atoms with E-state index in [1.807, 2.05) is 84.9 Å². The van der Waals surface area contributed by atoms with Crippen molar-refractivity contribution in [3.8, 4) is 11.5 Å². The number of hydrogen-bond acceptors (Lipinski definition) is 4. The Labute approximate surface area is 254 Å². The number of amides is 2. The molecule has 0 aliphatic carbocycles. The van der Waals surface area contributed by atoms with E-state index in [-0.39, 0.29) is 12.5 Å². The van der Waals surface area contributed by atoms with E-state index >= 15 is 0 Å². The highest BCUT2D eigenvalue weighted by Gasteiger charge is 2.36. The lowest BCUT2D eigenvalue weighted by Crippen LogP contribution is -2.43. The zero-order valence-corrected chi connectivity index (χ0v) is 24.9. The lowest BCUT2D eigenvalue weighted by Gasteiger charge is -2.26. The number of hydrogen-bond donors (Lipinski definition) is 2. The summed E-state index contributed by atoms with van der Waals surface area (Å²) in [5.74, 6) is 0.150. The summed E-state index contributed by atoms with van der Waals surface area (Å²) in [6, 6.07) is 34.1. The Morgan fingerprint density at radius 1 is 0.791 bits per heavy atom. The molecule has 0 fully saturated rings. The number of benzene rings is 4. The van der Waals surface area contributed by atoms with Crippen molar-refractivity contribution < 1.29 is 24.2 Å². The number of ether oxygens (including phenoxy) is 2. The first-order valence-corrected chi connectivity index (χ1v) is 14.7. The van der Waals surface area contributed by atoms with Gasteiger partial charge >= 0.3 is 12.0 Å². The number of aryl methyl sites for hydroxylation is 1. The van der Waals surface area contributed by atoms with E-state index in [9.17, 15) is 14.7 Å². The Morgan fingerprint density at radius 2 is 1.42 bits per heavy atom. The summed E-state index contributed by atoms with van der Waals surface area (Å²) < 4.78 is 11.8. The molecule has 0 aromatic heterocycles. The van der Waals surface area contributed by atoms with E-state index in [4.69, 9.17) is 9.47 Å². The summed E-state index contributed by atoms with van der Waals surface area (Å²) >= 11 is 0. The third-order valence-corrected chi connectivity index (χ3v) is 7.09. The van der Waals surface area contributed by atoms with E-state index in [2.05, 4.69) is 24.4 Å². The lowest BCUT2D eigenvalue weighted by molar-refractivity contribution is -0.153. The van der Waals surface area contributed by atoms with Crippen molar-refractivity contribution >= 4 is 17.7 Å². The summed E-state index contributed by atoms with van der Waals surface area (Å²) in [6.45, 7) is 5.15. The molecule has 43 heavy (non-hydrogen) atoms. The minimum absolute atomic E-state index is 0.157. The van der Waals surface area contributed by atoms with Crippen LogP contribution in [0.3, 0.4) is 0 Å². The number of para-hydroxylation sites is 1. The second kappa shape index (κ2) is 15.4. The van der Waals surface area contributed by atoms with Crippen LogP contribution in [0.25, 0.3) is 0 Å². The number of carbonyl (C=O) groups excluding carboxylic acids is 1. The fourth-order valence-corrected chi connectivity index (χ4v) is 4.74. The van der Waals surface area contributed by atoms with Gasteiger partial charge in [0, 0.05) is 25.2 Å². The fourth-order valence-electron chi connectivity index (χ4n) is 4.74. The van der Waals surface area contributed by atoms with Gasteiger partial charge in [0.1, 0.15) is 11.5 Å². The maximum atomic E-state index is 13.2. The van der Waals surface area contributed by atoms with Gasteiger partial charge in [-0.05, 0) is 72.9 Å². The highest BCUT2D eigenvalue weighted by Crippen LogP contribution is 2.24. The predicted octanol–water partition coefficient (Wildman–Crippen LogP) is 7.61. The number of carbonyl (C=O) groups is 2. The number of aliphatic carboxylic acids is 1. The summed E-state index contributed by atoms with van der Waals surface area (Å²) in [5.41, 5.74) is 2.48. The molecule has 0 aliphatic rings. The lowest BCUT2D eigenvalue weighted by atomic mass is 9.96. The molecule has 0 saturated heterocycles. The van der Waals surface area contributed by atoms with Gasteiger partial charge < -0.3 is 24.8 Å². The van der Waals surface area contributed by atoms with Gasteiger partial charge in [0.15, 0.2) is 0 Å². The number of rotatable bonds is 15. The zero-order chi connectivity index (χ0) is 30.5. The molecule has 0 heterocycles. The molecule has 0 spiro atoms. The SMILES string of the molecule is CCCc1ccc(NC(=O)N(CCCOc2ccc(CC(C)(Oc3ccccc3)C(=O)O)cc2)Cc2ccccc2)cc1. The van der Waals surface area contributed by atoms with Gasteiger partial charge in [-0.15, -0.1) is 0 Å². The molecule has 1 unspecified atom stereocenters. The van der Waals surface area contributed by atoms with Crippen LogP contribution in [0.2, 0.25) is 0 Å². The Hall–Kier alpha value is -4.78. The van der Waals surface area contributed by atoms with Gasteiger partial charge in [0.2, 0.25) is 5.60 Å². The maximum Gasteiger partial charge on any atom is 0.348 e. The molecule has 2 amide bonds. The zero-order valence-electron chi connectivity index (χ0n) is 24.9. The number of urea groups is 1. The van der Waals surface area contributed by atoms with Crippen molar-refractivity contribution in [1.29, 1.82) is 0 Å². The topological polar surface area (TPSA) is 88.1 Å². The van der Waals surface area contributed by atoms with Gasteiger partial charge in [-0.3, -0.25) is 0 Å². The van der Waals surface area contributed by atoms with E-state index in [1.165, 1.54) is 5.56 Å². The van der Waals surface area contributed by atoms with Crippen LogP contribution in [0.5, 0.6) is 11.5 Å². The molecule has 1 atom stereocenters. The number of carboxylic acid groups (broad SMARTS) is 1. The van der Waals surface area contributed by atoms with Crippen molar-refractivity contribution in [2.45, 2.75) is 51.7 Å². The molecular weight excluding hydrogens is 540 g/mol. The molecule has 0 aliphatic heterocycles. The van der Waals surface area contributed by atoms with Gasteiger partial charge in [0.25, 0.3) is 0 Å². The van der Waals surface area contributed by atoms with E-state index in [0.717, 1.165) is 29.7 Å². The predicted molar refractivity (Wildman–Crippen MR) is 170 cm³/mol. The second-order valence-corrected chi connectivity index (χ2v) is 10.8. The van der Waals surface area contributed by atoms with Crippen molar-refractivity contribution in [3.05, 3.63) is 126 Å². The minimum atomic E-state index is -1.41. The van der Waals surface area contributed by atoms with Crippen molar-refractivity contribution in [2.24, 2.45) is 0 Å². The molecular formula is C36H40N2O5. The number of nitrogens with zero attached hydrogens (tertiary/aromatic N) is 1. The molecule has 4 aromatic carbocycles. The quantitative estimate of drug-likeness (QED) is 0.141. The second-order valence-electron chi connectivity index (χ2n) is 10.8. The molecule has 7 nitrogen and oxygen atoms in total. The average Bonchev–Trinajstić information content (AvgIpc) is 3.01. The largest absolute Gasteiger partial charge is 0.494 e. The Balaban J connectivity index is 1.31. The first kappa shape index (κ1) is 31.2. The van der Waals surface area contributed by atoms with Crippen LogP contribution in [-0.4, -0.2) is 40.8 Å². The molecule has 2 N–H and O–H groups in total. The first-order valence-electron chi connectivity index (χ1n) is 14.7. The van der Waals surface area contributed by atoms with Crippen LogP contribution in [0, 0.1) is 0 Å². The van der Waals surface area contributed by atoms with Crippen LogP contribution < -0.4 is 14.8 Å². The van der Waals surface area contributed by atoms with Gasteiger partial charge in [-0.25, -0.2) is 9.59 Å². The monoisotopic (exact) mass is 580 g/mol. The van der Waals surface area contributed by atoms with Gasteiger partial charge in [-0.2, -0.15) is 0 Å². The molecule has 0 saturated carbocycles. The van der Waals surface area contributed by atoms with Crippen molar-refractivity contribution in [3.63, 3.8) is 0 Å². The minimum Gasteiger partial charge on any atom is -0.494 e. The van der Waals surface area contributed by atoms with Crippen LogP contribution in [-0.2, 0) is 24.2 Å². The van der Waals surface area contributed by atoms with E-state index in [1.54, 1.807) is 24.0 Å². The first-order chi connectivity index (χ1) is 20.8. The van der Waals surface area contributed by atoms with E-state index in [0.29, 0.717) is 37.6 Å². The Bertz CT molecular complexity index is 1430. The molecule has 4 rings (SSSR count). The maximum absolute atomic E-state index is 13.2. The third-order valence-electron chi connectivity index (χ3n) is 7.09. The highest BCUT2D eigenvalue weighted by atomic mass is 16.5. The molecule has 0 radical (unpaired) electrons. The van der Waals surface area contributed by atoms with Crippen molar-refractivity contribution in [2.75, 3.05) is 18.5 Å². The summed E-state index contributed by atoms with van der Waals surface area (Å²) in [6.07, 6.45) is 2.93. The van der Waals surface area contributed by atoms with Crippen LogP contribution in [0.15, 0.2) is 109 Å². The van der Waals surface area contributed by atoms with Crippen molar-refractivity contribution in [1.82, 2.24) is 4.90 Å². The standard InChI is InChI=1S/C36H40N2O5/c1-3-11-28-16-20-31(21-17-28)37-35(41)38(27-30-12-6-4-7-13-30)24-10-25-42-32-22-18-29(19-23-32)26-36(2,34(39)40)43-33-14-8-5-9-15-33/h4-9,12-23H,3,10-11,24-27H2,1-2H3,(H,37,41)(H,39,40). The fraction of sp³-hybridized carbons (Fsp3) is 0.278. The molecule has 4 aromatic rings. The van der Waals surface area contributed by atoms with Gasteiger partial charge in [0.05, 0.1) is 6.61 Å². The van der Waals surface area contributed by atoms with Gasteiger partial charge in [-0.1, -0.05) is 86.1 Å². The molecule has 7 heteroatoms. The van der Waals surface area contributed by atoms with E-state index < -0.39 is 11.6 Å². The summed E-state index contributed by atoms with van der Waals surface area (Å²) in [4.78, 5) is 27.1. The number of nitrogens with one attached hydrogen (secondary N) is 1. The van der Waals surface area contributed by atoms with Crippen LogP contribution in [0.1, 0.15) is 43.4 Å². The molecule has 224 valence electrons. The normalized spacial score (nSPS) is 12.1. The average molecular weight is 581 g/mol. The highest BCUT2D eigenvalue weighted by molar-refractivity contribution is 5.89. The third kappa shape index (κ3) is 9.64. The Morgan fingerprint density at radius 3 is 2.05 bits per heavy atom. The number of carboxylic acids is 1.